The van der Waals surface area contributed by atoms with Crippen molar-refractivity contribution in [2.45, 2.75) is 38.0 Å². The van der Waals surface area contributed by atoms with Crippen molar-refractivity contribution < 1.29 is 4.79 Å². The zero-order chi connectivity index (χ0) is 9.97. The van der Waals surface area contributed by atoms with Crippen molar-refractivity contribution in [3.8, 4) is 0 Å². The molecule has 14 heavy (non-hydrogen) atoms. The van der Waals surface area contributed by atoms with Gasteiger partial charge in [-0.15, -0.1) is 0 Å². The molecule has 76 valence electrons. The Hall–Kier alpha value is -1.12. The number of carbonyl (C=O) groups is 1. The van der Waals surface area contributed by atoms with E-state index in [4.69, 9.17) is 0 Å². The van der Waals surface area contributed by atoms with Crippen molar-refractivity contribution in [1.82, 2.24) is 9.55 Å². The molecule has 3 nitrogen and oxygen atoms in total. The molecular formula is C11H16N2O. The summed E-state index contributed by atoms with van der Waals surface area (Å²) in [6, 6.07) is 0. The molecule has 1 fully saturated rings. The number of carbonyl (C=O) groups excluding carboxylic acids is 1. The summed E-state index contributed by atoms with van der Waals surface area (Å²) in [4.78, 5) is 15.2. The third kappa shape index (κ3) is 1.59. The summed E-state index contributed by atoms with van der Waals surface area (Å²) < 4.78 is 1.82. The monoisotopic (exact) mass is 192 g/mol. The van der Waals surface area contributed by atoms with Gasteiger partial charge in [-0.05, 0) is 12.8 Å². The smallest absolute Gasteiger partial charge is 0.168 e. The Bertz CT molecular complexity index is 324. The molecular weight excluding hydrogens is 176 g/mol. The van der Waals surface area contributed by atoms with Gasteiger partial charge in [0.1, 0.15) is 5.69 Å². The highest BCUT2D eigenvalue weighted by atomic mass is 16.1. The molecule has 0 atom stereocenters. The number of aryl methyl sites for hydroxylation is 1. The van der Waals surface area contributed by atoms with E-state index in [0.717, 1.165) is 17.7 Å². The molecule has 2 rings (SSSR count). The highest BCUT2D eigenvalue weighted by molar-refractivity contribution is 5.74. The van der Waals surface area contributed by atoms with Crippen LogP contribution in [-0.4, -0.2) is 15.8 Å². The highest BCUT2D eigenvalue weighted by Gasteiger charge is 2.21. The average Bonchev–Trinajstić information content (AvgIpc) is 2.61. The van der Waals surface area contributed by atoms with Gasteiger partial charge in [-0.2, -0.15) is 0 Å². The number of rotatable bonds is 2. The van der Waals surface area contributed by atoms with Gasteiger partial charge in [0.2, 0.25) is 0 Å². The van der Waals surface area contributed by atoms with Gasteiger partial charge in [-0.1, -0.05) is 19.3 Å². The first-order valence-electron chi connectivity index (χ1n) is 5.29. The molecule has 3 heteroatoms. The van der Waals surface area contributed by atoms with Gasteiger partial charge in [-0.3, -0.25) is 4.79 Å². The molecule has 0 aliphatic heterocycles. The molecule has 0 radical (unpaired) electrons. The molecule has 1 heterocycles. The molecule has 0 saturated heterocycles. The van der Waals surface area contributed by atoms with Gasteiger partial charge in [-0.25, -0.2) is 4.98 Å². The van der Waals surface area contributed by atoms with Crippen LogP contribution in [0.5, 0.6) is 0 Å². The number of aromatic nitrogens is 2. The third-order valence-corrected chi connectivity index (χ3v) is 3.12. The summed E-state index contributed by atoms with van der Waals surface area (Å²) in [6.45, 7) is 0. The Balaban J connectivity index is 2.25. The summed E-state index contributed by atoms with van der Waals surface area (Å²) in [5.41, 5.74) is 1.78. The predicted molar refractivity (Wildman–Crippen MR) is 54.4 cm³/mol. The second-order valence-corrected chi connectivity index (χ2v) is 4.08. The van der Waals surface area contributed by atoms with Crippen LogP contribution in [0.4, 0.5) is 0 Å². The van der Waals surface area contributed by atoms with Gasteiger partial charge in [0, 0.05) is 13.0 Å². The van der Waals surface area contributed by atoms with Crippen LogP contribution in [-0.2, 0) is 7.05 Å². The van der Waals surface area contributed by atoms with Crippen LogP contribution in [0.25, 0.3) is 0 Å². The number of hydrogen-bond acceptors (Lipinski definition) is 2. The van der Waals surface area contributed by atoms with Crippen LogP contribution in [0.3, 0.4) is 0 Å². The molecule has 1 aliphatic rings. The second kappa shape index (κ2) is 3.95. The third-order valence-electron chi connectivity index (χ3n) is 3.12. The zero-order valence-electron chi connectivity index (χ0n) is 8.57. The standard InChI is InChI=1S/C11H16N2O/c1-13-8-12-11(10(13)7-14)9-5-3-2-4-6-9/h7-9H,2-6H2,1H3. The van der Waals surface area contributed by atoms with Crippen LogP contribution in [0.15, 0.2) is 6.33 Å². The van der Waals surface area contributed by atoms with E-state index in [-0.39, 0.29) is 0 Å². The molecule has 0 bridgehead atoms. The molecule has 1 aliphatic carbocycles. The van der Waals surface area contributed by atoms with E-state index in [1.165, 1.54) is 32.1 Å². The van der Waals surface area contributed by atoms with E-state index in [9.17, 15) is 4.79 Å². The minimum Gasteiger partial charge on any atom is -0.331 e. The fourth-order valence-corrected chi connectivity index (χ4v) is 2.29. The van der Waals surface area contributed by atoms with Gasteiger partial charge in [0.25, 0.3) is 0 Å². The zero-order valence-corrected chi connectivity index (χ0v) is 8.57. The first-order valence-corrected chi connectivity index (χ1v) is 5.29. The van der Waals surface area contributed by atoms with E-state index in [0.29, 0.717) is 5.92 Å². The topological polar surface area (TPSA) is 34.9 Å². The van der Waals surface area contributed by atoms with Crippen molar-refractivity contribution >= 4 is 6.29 Å². The summed E-state index contributed by atoms with van der Waals surface area (Å²) in [7, 11) is 1.88. The van der Waals surface area contributed by atoms with E-state index in [1.807, 2.05) is 11.6 Å². The minimum absolute atomic E-state index is 0.519. The van der Waals surface area contributed by atoms with Crippen molar-refractivity contribution in [3.63, 3.8) is 0 Å². The minimum atomic E-state index is 0.519. The molecule has 1 aromatic heterocycles. The molecule has 1 saturated carbocycles. The fourth-order valence-electron chi connectivity index (χ4n) is 2.29. The quantitative estimate of drug-likeness (QED) is 0.674. The Morgan fingerprint density at radius 2 is 2.14 bits per heavy atom. The van der Waals surface area contributed by atoms with Gasteiger partial charge in [0.15, 0.2) is 6.29 Å². The van der Waals surface area contributed by atoms with Crippen molar-refractivity contribution in [1.29, 1.82) is 0 Å². The molecule has 1 aromatic rings. The van der Waals surface area contributed by atoms with E-state index < -0.39 is 0 Å². The van der Waals surface area contributed by atoms with Crippen LogP contribution < -0.4 is 0 Å². The Kier molecular flexibility index (Phi) is 2.66. The summed E-state index contributed by atoms with van der Waals surface area (Å²) >= 11 is 0. The maximum Gasteiger partial charge on any atom is 0.168 e. The predicted octanol–water partition coefficient (Wildman–Crippen LogP) is 2.28. The fraction of sp³-hybridized carbons (Fsp3) is 0.636. The highest BCUT2D eigenvalue weighted by Crippen LogP contribution is 2.32. The molecule has 0 aromatic carbocycles. The largest absolute Gasteiger partial charge is 0.331 e. The van der Waals surface area contributed by atoms with E-state index in [1.54, 1.807) is 6.33 Å². The van der Waals surface area contributed by atoms with Crippen LogP contribution in [0, 0.1) is 0 Å². The van der Waals surface area contributed by atoms with E-state index >= 15 is 0 Å². The lowest BCUT2D eigenvalue weighted by Crippen LogP contribution is -2.08. The number of aldehydes is 1. The first kappa shape index (κ1) is 9.44. The lowest BCUT2D eigenvalue weighted by molar-refractivity contribution is 0.111. The van der Waals surface area contributed by atoms with Gasteiger partial charge < -0.3 is 4.57 Å². The van der Waals surface area contributed by atoms with Crippen LogP contribution in [0.1, 0.15) is 54.2 Å². The van der Waals surface area contributed by atoms with Crippen molar-refractivity contribution in [2.24, 2.45) is 7.05 Å². The number of hydrogen-bond donors (Lipinski definition) is 0. The van der Waals surface area contributed by atoms with Crippen molar-refractivity contribution in [2.75, 3.05) is 0 Å². The SMILES string of the molecule is Cn1cnc(C2CCCCC2)c1C=O. The van der Waals surface area contributed by atoms with Crippen LogP contribution in [0.2, 0.25) is 0 Å². The second-order valence-electron chi connectivity index (χ2n) is 4.08. The first-order chi connectivity index (χ1) is 6.83. The lowest BCUT2D eigenvalue weighted by atomic mass is 9.86. The molecule has 0 amide bonds. The maximum absolute atomic E-state index is 10.9. The Labute approximate surface area is 84.1 Å². The Morgan fingerprint density at radius 1 is 1.43 bits per heavy atom. The summed E-state index contributed by atoms with van der Waals surface area (Å²) in [5.74, 6) is 0.519. The van der Waals surface area contributed by atoms with Gasteiger partial charge in [0.05, 0.1) is 12.0 Å². The average molecular weight is 192 g/mol. The molecule has 0 N–H and O–H groups in total. The number of imidazole rings is 1. The van der Waals surface area contributed by atoms with Gasteiger partial charge >= 0.3 is 0 Å². The Morgan fingerprint density at radius 3 is 2.79 bits per heavy atom. The molecule has 0 spiro atoms. The summed E-state index contributed by atoms with van der Waals surface area (Å²) in [5, 5.41) is 0. The normalized spacial score (nSPS) is 18.4. The van der Waals surface area contributed by atoms with E-state index in [2.05, 4.69) is 4.98 Å². The lowest BCUT2D eigenvalue weighted by Gasteiger charge is -2.20. The summed E-state index contributed by atoms with van der Waals surface area (Å²) in [6.07, 6.45) is 8.94. The van der Waals surface area contributed by atoms with Crippen LogP contribution >= 0.6 is 0 Å². The number of nitrogens with zero attached hydrogens (tertiary/aromatic N) is 2. The van der Waals surface area contributed by atoms with Crippen molar-refractivity contribution in [3.05, 3.63) is 17.7 Å². The molecule has 0 unspecified atom stereocenters. The maximum atomic E-state index is 10.9.